The lowest BCUT2D eigenvalue weighted by atomic mass is 9.95. The Morgan fingerprint density at radius 2 is 1.94 bits per heavy atom. The first-order valence-corrected chi connectivity index (χ1v) is 7.58. The Hall–Kier alpha value is -0.960. The summed E-state index contributed by atoms with van der Waals surface area (Å²) < 4.78 is 60.2. The molecular formula is C9H12O6S2. The van der Waals surface area contributed by atoms with Gasteiger partial charge in [-0.15, -0.1) is 0 Å². The SMILES string of the molecule is C=CC1=CC=CC(CS(=O)(=O)O)(S(=O)(=O)O)C1. The predicted molar refractivity (Wildman–Crippen MR) is 62.7 cm³/mol. The van der Waals surface area contributed by atoms with Crippen LogP contribution in [0.5, 0.6) is 0 Å². The van der Waals surface area contributed by atoms with Crippen LogP contribution in [0.4, 0.5) is 0 Å². The van der Waals surface area contributed by atoms with Gasteiger partial charge in [0.1, 0.15) is 10.5 Å². The Morgan fingerprint density at radius 3 is 2.35 bits per heavy atom. The van der Waals surface area contributed by atoms with E-state index >= 15 is 0 Å². The van der Waals surface area contributed by atoms with E-state index in [1.54, 1.807) is 6.08 Å². The van der Waals surface area contributed by atoms with Crippen LogP contribution >= 0.6 is 0 Å². The van der Waals surface area contributed by atoms with Gasteiger partial charge in [0.25, 0.3) is 20.2 Å². The minimum absolute atomic E-state index is 0.258. The molecule has 0 radical (unpaired) electrons. The van der Waals surface area contributed by atoms with Crippen LogP contribution in [0, 0.1) is 0 Å². The zero-order valence-corrected chi connectivity index (χ0v) is 10.4. The fourth-order valence-electron chi connectivity index (χ4n) is 1.61. The molecule has 0 aromatic rings. The molecule has 0 aromatic heterocycles. The summed E-state index contributed by atoms with van der Waals surface area (Å²) in [5.74, 6) is -1.10. The lowest BCUT2D eigenvalue weighted by Crippen LogP contribution is -2.44. The van der Waals surface area contributed by atoms with E-state index in [-0.39, 0.29) is 6.42 Å². The molecule has 1 rings (SSSR count). The quantitative estimate of drug-likeness (QED) is 0.729. The van der Waals surface area contributed by atoms with E-state index in [1.165, 1.54) is 12.2 Å². The summed E-state index contributed by atoms with van der Waals surface area (Å²) in [5, 5.41) is 0. The number of hydrogen-bond acceptors (Lipinski definition) is 4. The van der Waals surface area contributed by atoms with Gasteiger partial charge in [0.15, 0.2) is 0 Å². The van der Waals surface area contributed by atoms with Crippen molar-refractivity contribution in [2.45, 2.75) is 11.2 Å². The maximum Gasteiger partial charge on any atom is 0.275 e. The molecule has 1 aliphatic carbocycles. The Kier molecular flexibility index (Phi) is 3.63. The van der Waals surface area contributed by atoms with Crippen LogP contribution in [0.25, 0.3) is 0 Å². The van der Waals surface area contributed by atoms with Crippen LogP contribution in [-0.4, -0.2) is 36.4 Å². The van der Waals surface area contributed by atoms with Crippen LogP contribution in [-0.2, 0) is 20.2 Å². The minimum atomic E-state index is -4.68. The van der Waals surface area contributed by atoms with E-state index < -0.39 is 30.7 Å². The van der Waals surface area contributed by atoms with Gasteiger partial charge in [-0.3, -0.25) is 9.11 Å². The van der Waals surface area contributed by atoms with E-state index in [1.807, 2.05) is 0 Å². The predicted octanol–water partition coefficient (Wildman–Crippen LogP) is 0.573. The molecule has 17 heavy (non-hydrogen) atoms. The van der Waals surface area contributed by atoms with E-state index in [0.29, 0.717) is 5.57 Å². The van der Waals surface area contributed by atoms with Crippen molar-refractivity contribution in [1.29, 1.82) is 0 Å². The molecule has 1 aliphatic rings. The van der Waals surface area contributed by atoms with Crippen LogP contribution in [0.2, 0.25) is 0 Å². The third-order valence-corrected chi connectivity index (χ3v) is 4.93. The second-order valence-corrected chi connectivity index (χ2v) is 6.96. The fraction of sp³-hybridized carbons (Fsp3) is 0.333. The normalized spacial score (nSPS) is 25.4. The Labute approximate surface area is 99.8 Å². The zero-order chi connectivity index (χ0) is 13.3. The van der Waals surface area contributed by atoms with E-state index in [0.717, 1.165) is 6.08 Å². The van der Waals surface area contributed by atoms with Crippen LogP contribution in [0.3, 0.4) is 0 Å². The molecule has 96 valence electrons. The molecule has 2 N–H and O–H groups in total. The van der Waals surface area contributed by atoms with Gasteiger partial charge in [-0.25, -0.2) is 0 Å². The first-order chi connectivity index (χ1) is 7.60. The Balaban J connectivity index is 3.30. The first-order valence-electron chi connectivity index (χ1n) is 4.53. The lowest BCUT2D eigenvalue weighted by molar-refractivity contribution is 0.438. The monoisotopic (exact) mass is 280 g/mol. The Bertz CT molecular complexity index is 581. The molecule has 0 fully saturated rings. The number of allylic oxidation sites excluding steroid dienone is 4. The second-order valence-electron chi connectivity index (χ2n) is 3.75. The molecule has 0 aromatic carbocycles. The average molecular weight is 280 g/mol. The second kappa shape index (κ2) is 4.37. The molecule has 0 saturated carbocycles. The van der Waals surface area contributed by atoms with E-state index in [9.17, 15) is 16.8 Å². The maximum atomic E-state index is 11.3. The molecule has 0 amide bonds. The van der Waals surface area contributed by atoms with Crippen molar-refractivity contribution >= 4 is 20.2 Å². The summed E-state index contributed by atoms with van der Waals surface area (Å²) >= 11 is 0. The van der Waals surface area contributed by atoms with Gasteiger partial charge in [0.2, 0.25) is 0 Å². The molecule has 0 bridgehead atoms. The largest absolute Gasteiger partial charge is 0.285 e. The summed E-state index contributed by atoms with van der Waals surface area (Å²) in [6.45, 7) is 3.44. The minimum Gasteiger partial charge on any atom is -0.285 e. The highest BCUT2D eigenvalue weighted by molar-refractivity contribution is 7.90. The molecular weight excluding hydrogens is 268 g/mol. The van der Waals surface area contributed by atoms with Gasteiger partial charge in [-0.2, -0.15) is 16.8 Å². The van der Waals surface area contributed by atoms with Crippen molar-refractivity contribution in [3.63, 3.8) is 0 Å². The molecule has 6 nitrogen and oxygen atoms in total. The number of rotatable bonds is 4. The van der Waals surface area contributed by atoms with E-state index in [2.05, 4.69) is 6.58 Å². The first kappa shape index (κ1) is 14.1. The van der Waals surface area contributed by atoms with Gasteiger partial charge in [0, 0.05) is 0 Å². The maximum absolute atomic E-state index is 11.3. The molecule has 1 atom stereocenters. The van der Waals surface area contributed by atoms with Gasteiger partial charge in [-0.05, 0) is 12.0 Å². The highest BCUT2D eigenvalue weighted by Crippen LogP contribution is 2.32. The van der Waals surface area contributed by atoms with Crippen LogP contribution in [0.15, 0.2) is 36.5 Å². The van der Waals surface area contributed by atoms with Gasteiger partial charge in [0.05, 0.1) is 0 Å². The van der Waals surface area contributed by atoms with Crippen molar-refractivity contribution in [1.82, 2.24) is 0 Å². The molecule has 0 spiro atoms. The number of hydrogen-bond donors (Lipinski definition) is 2. The Morgan fingerprint density at radius 1 is 1.35 bits per heavy atom. The van der Waals surface area contributed by atoms with E-state index in [4.69, 9.17) is 9.11 Å². The fourth-order valence-corrected chi connectivity index (χ4v) is 4.07. The molecule has 1 unspecified atom stereocenters. The van der Waals surface area contributed by atoms with Crippen molar-refractivity contribution < 1.29 is 25.9 Å². The van der Waals surface area contributed by atoms with Gasteiger partial charge >= 0.3 is 0 Å². The zero-order valence-electron chi connectivity index (χ0n) is 8.77. The summed E-state index contributed by atoms with van der Waals surface area (Å²) in [5.41, 5.74) is 0.453. The summed E-state index contributed by atoms with van der Waals surface area (Å²) in [6.07, 6.45) is 4.99. The van der Waals surface area contributed by atoms with Crippen LogP contribution in [0.1, 0.15) is 6.42 Å². The molecule has 0 heterocycles. The highest BCUT2D eigenvalue weighted by atomic mass is 32.2. The standard InChI is InChI=1S/C9H12O6S2/c1-2-8-4-3-5-9(6-8,17(13,14)15)7-16(10,11)12/h2-5H,1,6-7H2,(H,10,11,12)(H,13,14,15). The topological polar surface area (TPSA) is 109 Å². The smallest absolute Gasteiger partial charge is 0.275 e. The third kappa shape index (κ3) is 3.25. The molecule has 0 aliphatic heterocycles. The molecule has 8 heteroatoms. The van der Waals surface area contributed by atoms with Gasteiger partial charge in [-0.1, -0.05) is 30.9 Å². The van der Waals surface area contributed by atoms with Crippen LogP contribution < -0.4 is 0 Å². The van der Waals surface area contributed by atoms with Crippen molar-refractivity contribution in [3.8, 4) is 0 Å². The van der Waals surface area contributed by atoms with Crippen molar-refractivity contribution in [3.05, 3.63) is 36.5 Å². The highest BCUT2D eigenvalue weighted by Gasteiger charge is 2.45. The lowest BCUT2D eigenvalue weighted by Gasteiger charge is -2.28. The average Bonchev–Trinajstić information content (AvgIpc) is 2.13. The summed E-state index contributed by atoms with van der Waals surface area (Å²) in [7, 11) is -9.23. The summed E-state index contributed by atoms with van der Waals surface area (Å²) in [4.78, 5) is 0. The van der Waals surface area contributed by atoms with Crippen molar-refractivity contribution in [2.75, 3.05) is 5.75 Å². The third-order valence-electron chi connectivity index (χ3n) is 2.42. The van der Waals surface area contributed by atoms with Crippen molar-refractivity contribution in [2.24, 2.45) is 0 Å². The molecule has 0 saturated heterocycles. The van der Waals surface area contributed by atoms with Gasteiger partial charge < -0.3 is 0 Å². The summed E-state index contributed by atoms with van der Waals surface area (Å²) in [6, 6.07) is 0.